The van der Waals surface area contributed by atoms with Crippen LogP contribution in [-0.2, 0) is 11.3 Å². The van der Waals surface area contributed by atoms with Crippen LogP contribution in [0.25, 0.3) is 11.3 Å². The van der Waals surface area contributed by atoms with Crippen LogP contribution in [0.3, 0.4) is 0 Å². The summed E-state index contributed by atoms with van der Waals surface area (Å²) in [4.78, 5) is 23.0. The van der Waals surface area contributed by atoms with E-state index in [0.29, 0.717) is 30.8 Å². The van der Waals surface area contributed by atoms with Crippen LogP contribution in [0, 0.1) is 11.3 Å². The normalized spacial score (nSPS) is 10.2. The third-order valence-corrected chi connectivity index (χ3v) is 3.70. The number of carboxylic acid groups (broad SMARTS) is 1. The standard InChI is InChI=1S/C18H18N2O4/c1-24-15-8-5-13(6-9-15)16-10-7-14(12-19)18(23)20(16)11-3-2-4-17(21)22/h5-10H,2-4,11H2,1H3,(H,21,22). The second kappa shape index (κ2) is 7.97. The van der Waals surface area contributed by atoms with Crippen molar-refractivity contribution in [3.63, 3.8) is 0 Å². The number of ether oxygens (including phenoxy) is 1. The van der Waals surface area contributed by atoms with Gasteiger partial charge in [0.15, 0.2) is 0 Å². The summed E-state index contributed by atoms with van der Waals surface area (Å²) in [5, 5.41) is 17.8. The Morgan fingerprint density at radius 3 is 2.50 bits per heavy atom. The summed E-state index contributed by atoms with van der Waals surface area (Å²) in [6.45, 7) is 0.364. The molecule has 0 unspecified atom stereocenters. The minimum absolute atomic E-state index is 0.0601. The molecule has 0 saturated carbocycles. The Morgan fingerprint density at radius 2 is 1.92 bits per heavy atom. The van der Waals surface area contributed by atoms with Gasteiger partial charge < -0.3 is 14.4 Å². The van der Waals surface area contributed by atoms with Crippen LogP contribution in [-0.4, -0.2) is 22.8 Å². The first-order chi connectivity index (χ1) is 11.6. The van der Waals surface area contributed by atoms with Gasteiger partial charge in [-0.2, -0.15) is 5.26 Å². The third-order valence-electron chi connectivity index (χ3n) is 3.70. The number of aliphatic carboxylic acids is 1. The minimum atomic E-state index is -0.858. The maximum Gasteiger partial charge on any atom is 0.303 e. The van der Waals surface area contributed by atoms with Crippen LogP contribution < -0.4 is 10.3 Å². The molecule has 0 aliphatic heterocycles. The van der Waals surface area contributed by atoms with E-state index in [9.17, 15) is 9.59 Å². The smallest absolute Gasteiger partial charge is 0.303 e. The second-order valence-corrected chi connectivity index (χ2v) is 5.28. The number of nitrogens with zero attached hydrogens (tertiary/aromatic N) is 2. The molecule has 24 heavy (non-hydrogen) atoms. The summed E-state index contributed by atoms with van der Waals surface area (Å²) in [5.74, 6) is -0.147. The van der Waals surface area contributed by atoms with Crippen molar-refractivity contribution < 1.29 is 14.6 Å². The van der Waals surface area contributed by atoms with E-state index in [2.05, 4.69) is 0 Å². The summed E-state index contributed by atoms with van der Waals surface area (Å²) in [5.41, 5.74) is 1.24. The van der Waals surface area contributed by atoms with E-state index in [1.54, 1.807) is 25.3 Å². The van der Waals surface area contributed by atoms with E-state index in [-0.39, 0.29) is 17.5 Å². The minimum Gasteiger partial charge on any atom is -0.497 e. The van der Waals surface area contributed by atoms with E-state index in [1.807, 2.05) is 18.2 Å². The lowest BCUT2D eigenvalue weighted by molar-refractivity contribution is -0.137. The third kappa shape index (κ3) is 4.02. The van der Waals surface area contributed by atoms with Gasteiger partial charge in [-0.1, -0.05) is 0 Å². The number of carbonyl (C=O) groups is 1. The van der Waals surface area contributed by atoms with Crippen LogP contribution in [0.2, 0.25) is 0 Å². The predicted octanol–water partition coefficient (Wildman–Crippen LogP) is 2.65. The topological polar surface area (TPSA) is 92.3 Å². The fourth-order valence-electron chi connectivity index (χ4n) is 2.45. The Morgan fingerprint density at radius 1 is 1.21 bits per heavy atom. The van der Waals surface area contributed by atoms with Gasteiger partial charge in [0.1, 0.15) is 17.4 Å². The van der Waals surface area contributed by atoms with Gasteiger partial charge in [0.2, 0.25) is 0 Å². The van der Waals surface area contributed by atoms with Crippen LogP contribution in [0.1, 0.15) is 24.8 Å². The molecule has 1 aromatic carbocycles. The highest BCUT2D eigenvalue weighted by atomic mass is 16.5. The first kappa shape index (κ1) is 17.3. The molecule has 0 bridgehead atoms. The van der Waals surface area contributed by atoms with Crippen LogP contribution in [0.5, 0.6) is 5.75 Å². The molecule has 1 aromatic heterocycles. The number of carboxylic acids is 1. The molecule has 0 saturated heterocycles. The summed E-state index contributed by atoms with van der Waals surface area (Å²) in [6.07, 6.45) is 1.08. The van der Waals surface area contributed by atoms with Crippen molar-refractivity contribution in [2.45, 2.75) is 25.8 Å². The van der Waals surface area contributed by atoms with Crippen molar-refractivity contribution in [1.29, 1.82) is 5.26 Å². The van der Waals surface area contributed by atoms with E-state index in [4.69, 9.17) is 15.1 Å². The maximum atomic E-state index is 12.4. The van der Waals surface area contributed by atoms with E-state index in [0.717, 1.165) is 5.56 Å². The molecule has 0 spiro atoms. The zero-order valence-corrected chi connectivity index (χ0v) is 13.4. The zero-order valence-electron chi connectivity index (χ0n) is 13.4. The van der Waals surface area contributed by atoms with Gasteiger partial charge in [-0.15, -0.1) is 0 Å². The van der Waals surface area contributed by atoms with Gasteiger partial charge in [-0.3, -0.25) is 9.59 Å². The molecule has 6 heteroatoms. The number of pyridine rings is 1. The molecule has 0 fully saturated rings. The average molecular weight is 326 g/mol. The summed E-state index contributed by atoms with van der Waals surface area (Å²) in [6, 6.07) is 12.4. The summed E-state index contributed by atoms with van der Waals surface area (Å²) >= 11 is 0. The monoisotopic (exact) mass is 326 g/mol. The SMILES string of the molecule is COc1ccc(-c2ccc(C#N)c(=O)n2CCCCC(=O)O)cc1. The molecule has 2 rings (SSSR count). The van der Waals surface area contributed by atoms with Crippen molar-refractivity contribution in [3.05, 3.63) is 52.3 Å². The van der Waals surface area contributed by atoms with Crippen LogP contribution in [0.15, 0.2) is 41.2 Å². The highest BCUT2D eigenvalue weighted by Crippen LogP contribution is 2.22. The number of hydrogen-bond donors (Lipinski definition) is 1. The van der Waals surface area contributed by atoms with Crippen molar-refractivity contribution in [2.24, 2.45) is 0 Å². The molecule has 0 aliphatic carbocycles. The maximum absolute atomic E-state index is 12.4. The fraction of sp³-hybridized carbons (Fsp3) is 0.278. The first-order valence-corrected chi connectivity index (χ1v) is 7.57. The Bertz CT molecular complexity index is 816. The summed E-state index contributed by atoms with van der Waals surface area (Å²) in [7, 11) is 1.58. The van der Waals surface area contributed by atoms with E-state index < -0.39 is 5.97 Å². The molecule has 1 N–H and O–H groups in total. The fourth-order valence-corrected chi connectivity index (χ4v) is 2.45. The highest BCUT2D eigenvalue weighted by molar-refractivity contribution is 5.66. The Kier molecular flexibility index (Phi) is 5.74. The van der Waals surface area contributed by atoms with Crippen molar-refractivity contribution in [3.8, 4) is 23.1 Å². The van der Waals surface area contributed by atoms with Crippen LogP contribution in [0.4, 0.5) is 0 Å². The zero-order chi connectivity index (χ0) is 17.5. The van der Waals surface area contributed by atoms with E-state index in [1.165, 1.54) is 10.6 Å². The molecular weight excluding hydrogens is 308 g/mol. The van der Waals surface area contributed by atoms with Gasteiger partial charge in [-0.05, 0) is 54.8 Å². The predicted molar refractivity (Wildman–Crippen MR) is 88.9 cm³/mol. The lowest BCUT2D eigenvalue weighted by Gasteiger charge is -2.13. The Labute approximate surface area is 139 Å². The van der Waals surface area contributed by atoms with Crippen molar-refractivity contribution >= 4 is 5.97 Å². The van der Waals surface area contributed by atoms with Crippen molar-refractivity contribution in [2.75, 3.05) is 7.11 Å². The lowest BCUT2D eigenvalue weighted by atomic mass is 10.1. The Hall–Kier alpha value is -3.07. The molecular formula is C18H18N2O4. The van der Waals surface area contributed by atoms with Crippen molar-refractivity contribution in [1.82, 2.24) is 4.57 Å². The van der Waals surface area contributed by atoms with Gasteiger partial charge >= 0.3 is 5.97 Å². The second-order valence-electron chi connectivity index (χ2n) is 5.28. The average Bonchev–Trinajstić information content (AvgIpc) is 2.59. The number of hydrogen-bond acceptors (Lipinski definition) is 4. The van der Waals surface area contributed by atoms with Gasteiger partial charge in [0.25, 0.3) is 5.56 Å². The number of nitriles is 1. The van der Waals surface area contributed by atoms with Gasteiger partial charge in [0.05, 0.1) is 12.8 Å². The number of methoxy groups -OCH3 is 1. The first-order valence-electron chi connectivity index (χ1n) is 7.57. The highest BCUT2D eigenvalue weighted by Gasteiger charge is 2.11. The quantitative estimate of drug-likeness (QED) is 0.790. The van der Waals surface area contributed by atoms with E-state index >= 15 is 0 Å². The lowest BCUT2D eigenvalue weighted by Crippen LogP contribution is -2.24. The summed E-state index contributed by atoms with van der Waals surface area (Å²) < 4.78 is 6.66. The largest absolute Gasteiger partial charge is 0.497 e. The molecule has 0 amide bonds. The van der Waals surface area contributed by atoms with Gasteiger partial charge in [-0.25, -0.2) is 0 Å². The molecule has 0 radical (unpaired) electrons. The Balaban J connectivity index is 2.35. The molecule has 1 heterocycles. The molecule has 0 aliphatic rings. The molecule has 6 nitrogen and oxygen atoms in total. The number of unbranched alkanes of at least 4 members (excludes halogenated alkanes) is 1. The number of rotatable bonds is 7. The van der Waals surface area contributed by atoms with Gasteiger partial charge in [0, 0.05) is 13.0 Å². The number of aromatic nitrogens is 1. The van der Waals surface area contributed by atoms with Crippen LogP contribution >= 0.6 is 0 Å². The molecule has 2 aromatic rings. The molecule has 124 valence electrons. The number of benzene rings is 1. The molecule has 0 atom stereocenters.